The number of fused-ring (bicyclic) bond motifs is 9. The van der Waals surface area contributed by atoms with Crippen LogP contribution in [-0.4, -0.2) is 2.78 Å². The summed E-state index contributed by atoms with van der Waals surface area (Å²) in [6, 6.07) is 25.3. The Balaban J connectivity index is 1.66. The standard InChI is InChI=1S/C24H12INO2/c25-26-19-7-3-1-5-13(19)15-9-16-18-11-22-17(14-6-2-4-8-21(14)27-22)10-23(18)28-24(16)12-20(15)26/h1-12H. The molecule has 3 nitrogen and oxygen atoms in total. The second-order valence-corrected chi connectivity index (χ2v) is 8.17. The lowest BCUT2D eigenvalue weighted by atomic mass is 10.1. The van der Waals surface area contributed by atoms with E-state index in [-0.39, 0.29) is 0 Å². The van der Waals surface area contributed by atoms with Crippen molar-refractivity contribution in [3.63, 3.8) is 0 Å². The molecule has 0 saturated carbocycles. The number of benzene rings is 4. The third kappa shape index (κ3) is 1.79. The molecule has 28 heavy (non-hydrogen) atoms. The Kier molecular flexibility index (Phi) is 2.72. The molecule has 7 aromatic rings. The molecule has 0 unspecified atom stereocenters. The highest BCUT2D eigenvalue weighted by atomic mass is 127. The van der Waals surface area contributed by atoms with Crippen LogP contribution >= 0.6 is 22.9 Å². The van der Waals surface area contributed by atoms with Gasteiger partial charge in [0.05, 0.1) is 33.9 Å². The first-order chi connectivity index (χ1) is 13.8. The number of furan rings is 2. The predicted octanol–water partition coefficient (Wildman–Crippen LogP) is 7.79. The number of nitrogens with zero attached hydrogens (tertiary/aromatic N) is 1. The lowest BCUT2D eigenvalue weighted by Crippen LogP contribution is -1.76. The number of hydrogen-bond acceptors (Lipinski definition) is 2. The van der Waals surface area contributed by atoms with Crippen LogP contribution in [0.5, 0.6) is 0 Å². The summed E-state index contributed by atoms with van der Waals surface area (Å²) in [6.07, 6.45) is 0. The molecule has 3 aromatic heterocycles. The van der Waals surface area contributed by atoms with Crippen LogP contribution in [0.15, 0.2) is 81.6 Å². The van der Waals surface area contributed by atoms with E-state index in [9.17, 15) is 0 Å². The van der Waals surface area contributed by atoms with E-state index in [2.05, 4.69) is 80.2 Å². The average Bonchev–Trinajstić information content (AvgIpc) is 3.35. The lowest BCUT2D eigenvalue weighted by Gasteiger charge is -1.95. The van der Waals surface area contributed by atoms with Crippen molar-refractivity contribution in [2.45, 2.75) is 0 Å². The Morgan fingerprint density at radius 3 is 1.96 bits per heavy atom. The minimum Gasteiger partial charge on any atom is -0.456 e. The van der Waals surface area contributed by atoms with Gasteiger partial charge in [-0.3, -0.25) is 2.78 Å². The zero-order valence-electron chi connectivity index (χ0n) is 14.6. The highest BCUT2D eigenvalue weighted by Gasteiger charge is 2.16. The Labute approximate surface area is 172 Å². The Morgan fingerprint density at radius 1 is 0.500 bits per heavy atom. The summed E-state index contributed by atoms with van der Waals surface area (Å²) in [5, 5.41) is 6.93. The van der Waals surface area contributed by atoms with E-state index in [0.29, 0.717) is 0 Å². The van der Waals surface area contributed by atoms with E-state index >= 15 is 0 Å². The van der Waals surface area contributed by atoms with Gasteiger partial charge in [0.2, 0.25) is 0 Å². The normalized spacial score (nSPS) is 12.5. The summed E-state index contributed by atoms with van der Waals surface area (Å²) in [4.78, 5) is 0. The van der Waals surface area contributed by atoms with Gasteiger partial charge >= 0.3 is 0 Å². The highest BCUT2D eigenvalue weighted by molar-refractivity contribution is 14.1. The molecule has 132 valence electrons. The molecule has 0 radical (unpaired) electrons. The first kappa shape index (κ1) is 15.0. The van der Waals surface area contributed by atoms with Gasteiger partial charge in [0.25, 0.3) is 0 Å². The highest BCUT2D eigenvalue weighted by Crippen LogP contribution is 2.40. The Morgan fingerprint density at radius 2 is 1.11 bits per heavy atom. The predicted molar refractivity (Wildman–Crippen MR) is 123 cm³/mol. The van der Waals surface area contributed by atoms with Gasteiger partial charge in [-0.15, -0.1) is 0 Å². The van der Waals surface area contributed by atoms with E-state index in [1.165, 1.54) is 21.8 Å². The molecule has 0 atom stereocenters. The molecule has 3 heterocycles. The van der Waals surface area contributed by atoms with Crippen LogP contribution in [0, 0.1) is 0 Å². The zero-order valence-corrected chi connectivity index (χ0v) is 16.7. The molecule has 0 aliphatic heterocycles. The van der Waals surface area contributed by atoms with E-state index < -0.39 is 0 Å². The van der Waals surface area contributed by atoms with E-state index in [0.717, 1.165) is 43.9 Å². The van der Waals surface area contributed by atoms with Crippen molar-refractivity contribution in [1.82, 2.24) is 2.78 Å². The fourth-order valence-corrected chi connectivity index (χ4v) is 5.23. The maximum absolute atomic E-state index is 6.28. The minimum atomic E-state index is 0.894. The van der Waals surface area contributed by atoms with Crippen molar-refractivity contribution >= 4 is 88.5 Å². The SMILES string of the molecule is In1c2ccccc2c2cc3c(cc21)oc1cc2c(cc13)oc1ccccc12. The molecule has 7 rings (SSSR count). The number of aromatic nitrogens is 1. The second kappa shape index (κ2) is 5.08. The summed E-state index contributed by atoms with van der Waals surface area (Å²) in [5.41, 5.74) is 5.99. The van der Waals surface area contributed by atoms with Crippen LogP contribution in [0.25, 0.3) is 65.7 Å². The van der Waals surface area contributed by atoms with Gasteiger partial charge < -0.3 is 8.83 Å². The molecule has 0 amide bonds. The maximum atomic E-state index is 6.28. The van der Waals surface area contributed by atoms with Crippen LogP contribution in [0.4, 0.5) is 0 Å². The smallest absolute Gasteiger partial charge is 0.137 e. The fraction of sp³-hybridized carbons (Fsp3) is 0. The third-order valence-electron chi connectivity index (χ3n) is 5.70. The molecular formula is C24H12INO2. The monoisotopic (exact) mass is 473 g/mol. The van der Waals surface area contributed by atoms with Gasteiger partial charge in [-0.2, -0.15) is 0 Å². The number of para-hydroxylation sites is 2. The third-order valence-corrected chi connectivity index (χ3v) is 6.74. The summed E-state index contributed by atoms with van der Waals surface area (Å²) in [5.74, 6) is 0. The molecule has 0 spiro atoms. The van der Waals surface area contributed by atoms with Crippen LogP contribution < -0.4 is 0 Å². The average molecular weight is 473 g/mol. The van der Waals surface area contributed by atoms with Crippen LogP contribution in [0.1, 0.15) is 0 Å². The Bertz CT molecular complexity index is 1730. The molecule has 0 aliphatic rings. The largest absolute Gasteiger partial charge is 0.456 e. The van der Waals surface area contributed by atoms with Crippen LogP contribution in [-0.2, 0) is 0 Å². The first-order valence-corrected chi connectivity index (χ1v) is 10.1. The van der Waals surface area contributed by atoms with Crippen molar-refractivity contribution in [3.05, 3.63) is 72.8 Å². The van der Waals surface area contributed by atoms with Gasteiger partial charge in [0.1, 0.15) is 22.3 Å². The van der Waals surface area contributed by atoms with Crippen LogP contribution in [0.3, 0.4) is 0 Å². The topological polar surface area (TPSA) is 31.2 Å². The van der Waals surface area contributed by atoms with Crippen molar-refractivity contribution in [3.8, 4) is 0 Å². The molecule has 0 fully saturated rings. The molecule has 0 aliphatic carbocycles. The van der Waals surface area contributed by atoms with Crippen LogP contribution in [0.2, 0.25) is 0 Å². The van der Waals surface area contributed by atoms with Gasteiger partial charge in [-0.25, -0.2) is 0 Å². The zero-order chi connectivity index (χ0) is 18.4. The van der Waals surface area contributed by atoms with Crippen molar-refractivity contribution in [1.29, 1.82) is 0 Å². The minimum absolute atomic E-state index is 0.894. The number of rotatable bonds is 0. The molecule has 0 saturated heterocycles. The van der Waals surface area contributed by atoms with Crippen molar-refractivity contribution in [2.75, 3.05) is 0 Å². The molecular weight excluding hydrogens is 461 g/mol. The molecule has 4 aromatic carbocycles. The van der Waals surface area contributed by atoms with Gasteiger partial charge in [0, 0.05) is 38.4 Å². The lowest BCUT2D eigenvalue weighted by molar-refractivity contribution is 0.664. The first-order valence-electron chi connectivity index (χ1n) is 9.15. The van der Waals surface area contributed by atoms with E-state index in [1.54, 1.807) is 0 Å². The van der Waals surface area contributed by atoms with E-state index in [4.69, 9.17) is 8.83 Å². The fourth-order valence-electron chi connectivity index (χ4n) is 4.41. The summed E-state index contributed by atoms with van der Waals surface area (Å²) < 4.78 is 14.6. The summed E-state index contributed by atoms with van der Waals surface area (Å²) in [7, 11) is 0. The van der Waals surface area contributed by atoms with Gasteiger partial charge in [-0.05, 0) is 30.3 Å². The van der Waals surface area contributed by atoms with Gasteiger partial charge in [-0.1, -0.05) is 36.4 Å². The van der Waals surface area contributed by atoms with Gasteiger partial charge in [0.15, 0.2) is 0 Å². The number of halogens is 1. The summed E-state index contributed by atoms with van der Waals surface area (Å²) in [6.45, 7) is 0. The Hall–Kier alpha value is -2.99. The molecule has 0 bridgehead atoms. The molecule has 4 heteroatoms. The van der Waals surface area contributed by atoms with E-state index in [1.807, 2.05) is 18.2 Å². The second-order valence-electron chi connectivity index (χ2n) is 7.21. The molecule has 0 N–H and O–H groups in total. The quantitative estimate of drug-likeness (QED) is 0.211. The number of hydrogen-bond donors (Lipinski definition) is 0. The van der Waals surface area contributed by atoms with Crippen molar-refractivity contribution < 1.29 is 8.83 Å². The van der Waals surface area contributed by atoms with Crippen molar-refractivity contribution in [2.24, 2.45) is 0 Å². The maximum Gasteiger partial charge on any atom is 0.137 e. The summed E-state index contributed by atoms with van der Waals surface area (Å²) >= 11 is 2.36.